The fourth-order valence-corrected chi connectivity index (χ4v) is 2.71. The molecule has 1 fully saturated rings. The molecule has 100 valence electrons. The maximum Gasteiger partial charge on any atom is 0.0314 e. The molecule has 0 aromatic heterocycles. The van der Waals surface area contributed by atoms with E-state index in [2.05, 4.69) is 35.9 Å². The van der Waals surface area contributed by atoms with Crippen LogP contribution in [0.5, 0.6) is 0 Å². The zero-order chi connectivity index (χ0) is 13.0. The van der Waals surface area contributed by atoms with Gasteiger partial charge in [-0.2, -0.15) is 0 Å². The Balaban J connectivity index is 1.87. The van der Waals surface area contributed by atoms with Gasteiger partial charge in [-0.05, 0) is 57.6 Å². The van der Waals surface area contributed by atoms with Crippen molar-refractivity contribution in [1.82, 2.24) is 9.80 Å². The summed E-state index contributed by atoms with van der Waals surface area (Å²) in [7, 11) is 2.22. The van der Waals surface area contributed by atoms with Crippen LogP contribution in [0.15, 0.2) is 24.3 Å². The Morgan fingerprint density at radius 2 is 1.94 bits per heavy atom. The van der Waals surface area contributed by atoms with Crippen molar-refractivity contribution in [3.8, 4) is 0 Å². The fourth-order valence-electron chi connectivity index (χ4n) is 2.71. The first-order valence-electron chi connectivity index (χ1n) is 6.92. The SMILES string of the molecule is CC1CN(C)CCCN1CCc1ccc(N)cc1. The second kappa shape index (κ2) is 6.21. The standard InChI is InChI=1S/C15H25N3/c1-13-12-17(2)9-3-10-18(13)11-8-14-4-6-15(16)7-5-14/h4-7,13H,3,8-12,16H2,1-2H3. The van der Waals surface area contributed by atoms with Crippen molar-refractivity contribution >= 4 is 5.69 Å². The first-order valence-corrected chi connectivity index (χ1v) is 6.92. The summed E-state index contributed by atoms with van der Waals surface area (Å²) in [6.07, 6.45) is 2.40. The lowest BCUT2D eigenvalue weighted by Crippen LogP contribution is -2.39. The maximum absolute atomic E-state index is 5.71. The van der Waals surface area contributed by atoms with Crippen molar-refractivity contribution < 1.29 is 0 Å². The molecule has 0 saturated carbocycles. The highest BCUT2D eigenvalue weighted by Gasteiger charge is 2.18. The van der Waals surface area contributed by atoms with Crippen LogP contribution in [0.1, 0.15) is 18.9 Å². The molecular weight excluding hydrogens is 222 g/mol. The highest BCUT2D eigenvalue weighted by atomic mass is 15.2. The summed E-state index contributed by atoms with van der Waals surface area (Å²) in [6, 6.07) is 8.93. The number of likely N-dealkylation sites (N-methyl/N-ethyl adjacent to an activating group) is 1. The minimum atomic E-state index is 0.659. The van der Waals surface area contributed by atoms with Crippen LogP contribution >= 0.6 is 0 Å². The third-order valence-corrected chi connectivity index (χ3v) is 3.85. The summed E-state index contributed by atoms with van der Waals surface area (Å²) in [6.45, 7) is 7.12. The molecule has 0 aliphatic carbocycles. The first kappa shape index (κ1) is 13.4. The Bertz CT molecular complexity index is 361. The zero-order valence-corrected chi connectivity index (χ0v) is 11.6. The Morgan fingerprint density at radius 3 is 2.67 bits per heavy atom. The molecule has 1 aliphatic rings. The van der Waals surface area contributed by atoms with E-state index >= 15 is 0 Å². The first-order chi connectivity index (χ1) is 8.65. The van der Waals surface area contributed by atoms with Gasteiger partial charge in [0.1, 0.15) is 0 Å². The summed E-state index contributed by atoms with van der Waals surface area (Å²) in [4.78, 5) is 5.05. The van der Waals surface area contributed by atoms with E-state index in [1.165, 1.54) is 31.6 Å². The normalized spacial score (nSPS) is 22.9. The fraction of sp³-hybridized carbons (Fsp3) is 0.600. The lowest BCUT2D eigenvalue weighted by molar-refractivity contribution is 0.204. The predicted octanol–water partition coefficient (Wildman–Crippen LogP) is 1.84. The van der Waals surface area contributed by atoms with Gasteiger partial charge in [0.25, 0.3) is 0 Å². The van der Waals surface area contributed by atoms with E-state index in [0.717, 1.165) is 18.7 Å². The van der Waals surface area contributed by atoms with Gasteiger partial charge in [-0.3, -0.25) is 4.90 Å². The Morgan fingerprint density at radius 1 is 1.22 bits per heavy atom. The molecule has 1 aromatic carbocycles. The predicted molar refractivity (Wildman–Crippen MR) is 77.7 cm³/mol. The van der Waals surface area contributed by atoms with Crippen LogP contribution < -0.4 is 5.73 Å². The van der Waals surface area contributed by atoms with E-state index in [-0.39, 0.29) is 0 Å². The van der Waals surface area contributed by atoms with Crippen molar-refractivity contribution in [2.24, 2.45) is 0 Å². The minimum Gasteiger partial charge on any atom is -0.399 e. The average molecular weight is 247 g/mol. The molecule has 1 aliphatic heterocycles. The number of nitrogen functional groups attached to an aromatic ring is 1. The van der Waals surface area contributed by atoms with Crippen molar-refractivity contribution in [1.29, 1.82) is 0 Å². The van der Waals surface area contributed by atoms with Gasteiger partial charge in [-0.1, -0.05) is 12.1 Å². The van der Waals surface area contributed by atoms with Crippen molar-refractivity contribution in [2.75, 3.05) is 39.0 Å². The van der Waals surface area contributed by atoms with Crippen LogP contribution in [0.25, 0.3) is 0 Å². The monoisotopic (exact) mass is 247 g/mol. The molecule has 0 radical (unpaired) electrons. The van der Waals surface area contributed by atoms with Gasteiger partial charge in [0.05, 0.1) is 0 Å². The van der Waals surface area contributed by atoms with E-state index in [9.17, 15) is 0 Å². The molecule has 2 N–H and O–H groups in total. The second-order valence-electron chi connectivity index (χ2n) is 5.49. The van der Waals surface area contributed by atoms with Gasteiger partial charge in [-0.25, -0.2) is 0 Å². The Labute approximate surface area is 111 Å². The molecule has 0 spiro atoms. The zero-order valence-electron chi connectivity index (χ0n) is 11.6. The van der Waals surface area contributed by atoms with Crippen LogP contribution in [0, 0.1) is 0 Å². The second-order valence-corrected chi connectivity index (χ2v) is 5.49. The number of hydrogen-bond donors (Lipinski definition) is 1. The van der Waals surface area contributed by atoms with Crippen LogP contribution in [0.2, 0.25) is 0 Å². The van der Waals surface area contributed by atoms with E-state index in [4.69, 9.17) is 5.73 Å². The molecule has 1 aromatic rings. The molecule has 1 heterocycles. The largest absolute Gasteiger partial charge is 0.399 e. The third kappa shape index (κ3) is 3.72. The highest BCUT2D eigenvalue weighted by Crippen LogP contribution is 2.11. The number of nitrogens with zero attached hydrogens (tertiary/aromatic N) is 2. The Kier molecular flexibility index (Phi) is 4.61. The summed E-state index contributed by atoms with van der Waals surface area (Å²) in [5.41, 5.74) is 7.94. The summed E-state index contributed by atoms with van der Waals surface area (Å²) < 4.78 is 0. The number of hydrogen-bond acceptors (Lipinski definition) is 3. The van der Waals surface area contributed by atoms with Crippen molar-refractivity contribution in [3.05, 3.63) is 29.8 Å². The quantitative estimate of drug-likeness (QED) is 0.827. The van der Waals surface area contributed by atoms with Crippen molar-refractivity contribution in [2.45, 2.75) is 25.8 Å². The molecule has 18 heavy (non-hydrogen) atoms. The van der Waals surface area contributed by atoms with Crippen LogP contribution in [-0.4, -0.2) is 49.1 Å². The number of anilines is 1. The molecule has 2 rings (SSSR count). The van der Waals surface area contributed by atoms with Gasteiger partial charge < -0.3 is 10.6 Å². The van der Waals surface area contributed by atoms with Crippen LogP contribution in [-0.2, 0) is 6.42 Å². The topological polar surface area (TPSA) is 32.5 Å². The lowest BCUT2D eigenvalue weighted by atomic mass is 10.1. The highest BCUT2D eigenvalue weighted by molar-refractivity contribution is 5.39. The summed E-state index contributed by atoms with van der Waals surface area (Å²) >= 11 is 0. The van der Waals surface area contributed by atoms with Gasteiger partial charge in [0.2, 0.25) is 0 Å². The van der Waals surface area contributed by atoms with Crippen LogP contribution in [0.3, 0.4) is 0 Å². The third-order valence-electron chi connectivity index (χ3n) is 3.85. The molecule has 1 saturated heterocycles. The van der Waals surface area contributed by atoms with E-state index in [1.807, 2.05) is 12.1 Å². The van der Waals surface area contributed by atoms with E-state index in [1.54, 1.807) is 0 Å². The Hall–Kier alpha value is -1.06. The minimum absolute atomic E-state index is 0.659. The average Bonchev–Trinajstić information content (AvgIpc) is 2.50. The molecule has 3 heteroatoms. The molecule has 3 nitrogen and oxygen atoms in total. The molecule has 0 amide bonds. The smallest absolute Gasteiger partial charge is 0.0314 e. The summed E-state index contributed by atoms with van der Waals surface area (Å²) in [5.74, 6) is 0. The molecule has 1 unspecified atom stereocenters. The number of rotatable bonds is 3. The molecule has 0 bridgehead atoms. The summed E-state index contributed by atoms with van der Waals surface area (Å²) in [5, 5.41) is 0. The van der Waals surface area contributed by atoms with Gasteiger partial charge in [-0.15, -0.1) is 0 Å². The van der Waals surface area contributed by atoms with E-state index in [0.29, 0.717) is 6.04 Å². The lowest BCUT2D eigenvalue weighted by Gasteiger charge is -2.27. The van der Waals surface area contributed by atoms with Gasteiger partial charge >= 0.3 is 0 Å². The van der Waals surface area contributed by atoms with Crippen molar-refractivity contribution in [3.63, 3.8) is 0 Å². The van der Waals surface area contributed by atoms with Gasteiger partial charge in [0.15, 0.2) is 0 Å². The number of nitrogens with two attached hydrogens (primary N) is 1. The van der Waals surface area contributed by atoms with Gasteiger partial charge in [0, 0.05) is 24.8 Å². The molecule has 1 atom stereocenters. The molecular formula is C15H25N3. The number of benzene rings is 1. The van der Waals surface area contributed by atoms with Crippen LogP contribution in [0.4, 0.5) is 5.69 Å². The van der Waals surface area contributed by atoms with E-state index < -0.39 is 0 Å². The maximum atomic E-state index is 5.71.